The van der Waals surface area contributed by atoms with Crippen molar-refractivity contribution in [3.63, 3.8) is 0 Å². The van der Waals surface area contributed by atoms with Crippen molar-refractivity contribution in [3.8, 4) is 11.5 Å². The predicted octanol–water partition coefficient (Wildman–Crippen LogP) is 1.48. The standard InChI is InChI=1S/C19H25N3O5/c1-12-18(13(2)22(3)21-12)27-11-17(23)20-10-15(19(24)25)9-14-7-5-6-8-16(14)26-4/h5-8,15H,9-11H2,1-4H3,(H,20,23)(H,24,25). The summed E-state index contributed by atoms with van der Waals surface area (Å²) in [6.45, 7) is 3.45. The molecule has 27 heavy (non-hydrogen) atoms. The average Bonchev–Trinajstić information content (AvgIpc) is 2.88. The van der Waals surface area contributed by atoms with Gasteiger partial charge in [-0.05, 0) is 31.9 Å². The number of aliphatic carboxylic acids is 1. The lowest BCUT2D eigenvalue weighted by Gasteiger charge is -2.15. The summed E-state index contributed by atoms with van der Waals surface area (Å²) in [4.78, 5) is 23.6. The van der Waals surface area contributed by atoms with Gasteiger partial charge in [0.15, 0.2) is 12.4 Å². The fourth-order valence-corrected chi connectivity index (χ4v) is 2.77. The quantitative estimate of drug-likeness (QED) is 0.688. The van der Waals surface area contributed by atoms with Crippen molar-refractivity contribution in [1.29, 1.82) is 0 Å². The van der Waals surface area contributed by atoms with E-state index in [1.54, 1.807) is 24.7 Å². The molecule has 1 amide bonds. The molecule has 0 bridgehead atoms. The van der Waals surface area contributed by atoms with Crippen LogP contribution in [0.5, 0.6) is 11.5 Å². The van der Waals surface area contributed by atoms with Crippen LogP contribution < -0.4 is 14.8 Å². The van der Waals surface area contributed by atoms with Crippen LogP contribution in [0.15, 0.2) is 24.3 Å². The topological polar surface area (TPSA) is 103 Å². The first kappa shape index (κ1) is 20.3. The van der Waals surface area contributed by atoms with Crippen LogP contribution in [0.2, 0.25) is 0 Å². The number of benzene rings is 1. The number of ether oxygens (including phenoxy) is 2. The smallest absolute Gasteiger partial charge is 0.308 e. The van der Waals surface area contributed by atoms with E-state index in [1.165, 1.54) is 7.11 Å². The monoisotopic (exact) mass is 375 g/mol. The number of hydrogen-bond donors (Lipinski definition) is 2. The van der Waals surface area contributed by atoms with E-state index in [2.05, 4.69) is 10.4 Å². The molecule has 1 aromatic heterocycles. The Morgan fingerprint density at radius 2 is 2.00 bits per heavy atom. The van der Waals surface area contributed by atoms with Gasteiger partial charge in [-0.25, -0.2) is 0 Å². The summed E-state index contributed by atoms with van der Waals surface area (Å²) in [7, 11) is 3.33. The van der Waals surface area contributed by atoms with Crippen LogP contribution in [0.4, 0.5) is 0 Å². The van der Waals surface area contributed by atoms with Crippen molar-refractivity contribution < 1.29 is 24.2 Å². The van der Waals surface area contributed by atoms with Crippen molar-refractivity contribution in [2.75, 3.05) is 20.3 Å². The van der Waals surface area contributed by atoms with Gasteiger partial charge in [0, 0.05) is 13.6 Å². The Hall–Kier alpha value is -3.03. The van der Waals surface area contributed by atoms with Gasteiger partial charge in [-0.2, -0.15) is 5.10 Å². The number of methoxy groups -OCH3 is 1. The van der Waals surface area contributed by atoms with Gasteiger partial charge in [0.1, 0.15) is 11.4 Å². The Morgan fingerprint density at radius 1 is 1.30 bits per heavy atom. The highest BCUT2D eigenvalue weighted by Crippen LogP contribution is 2.22. The van der Waals surface area contributed by atoms with Gasteiger partial charge in [0.2, 0.25) is 0 Å². The zero-order chi connectivity index (χ0) is 20.0. The number of aromatic nitrogens is 2. The van der Waals surface area contributed by atoms with Gasteiger partial charge in [-0.3, -0.25) is 14.3 Å². The third kappa shape index (κ3) is 5.22. The van der Waals surface area contributed by atoms with Crippen LogP contribution in [0, 0.1) is 19.8 Å². The first-order chi connectivity index (χ1) is 12.8. The summed E-state index contributed by atoms with van der Waals surface area (Å²) < 4.78 is 12.5. The number of para-hydroxylation sites is 1. The SMILES string of the molecule is COc1ccccc1CC(CNC(=O)COc1c(C)nn(C)c1C)C(=O)O. The lowest BCUT2D eigenvalue weighted by Crippen LogP contribution is -2.36. The predicted molar refractivity (Wildman–Crippen MR) is 99.0 cm³/mol. The summed E-state index contributed by atoms with van der Waals surface area (Å²) in [5.41, 5.74) is 2.29. The molecule has 8 nitrogen and oxygen atoms in total. The summed E-state index contributed by atoms with van der Waals surface area (Å²) in [5.74, 6) is -0.950. The molecule has 0 spiro atoms. The molecule has 0 saturated heterocycles. The number of carboxylic acid groups (broad SMARTS) is 1. The third-order valence-electron chi connectivity index (χ3n) is 4.34. The van der Waals surface area contributed by atoms with Crippen LogP contribution in [0.3, 0.4) is 0 Å². The Kier molecular flexibility index (Phi) is 6.81. The van der Waals surface area contributed by atoms with E-state index < -0.39 is 11.9 Å². The molecule has 2 N–H and O–H groups in total. The summed E-state index contributed by atoms with van der Waals surface area (Å²) >= 11 is 0. The Morgan fingerprint density at radius 3 is 2.59 bits per heavy atom. The lowest BCUT2D eigenvalue weighted by atomic mass is 9.98. The molecule has 0 aliphatic heterocycles. The third-order valence-corrected chi connectivity index (χ3v) is 4.34. The summed E-state index contributed by atoms with van der Waals surface area (Å²) in [6, 6.07) is 7.23. The molecule has 1 atom stereocenters. The van der Waals surface area contributed by atoms with Crippen LogP contribution in [0.25, 0.3) is 0 Å². The van der Waals surface area contributed by atoms with Crippen molar-refractivity contribution in [2.24, 2.45) is 13.0 Å². The molecular weight excluding hydrogens is 350 g/mol. The number of nitrogens with zero attached hydrogens (tertiary/aromatic N) is 2. The molecule has 2 rings (SSSR count). The summed E-state index contributed by atoms with van der Waals surface area (Å²) in [5, 5.41) is 16.3. The minimum atomic E-state index is -0.985. The van der Waals surface area contributed by atoms with Gasteiger partial charge in [0.05, 0.1) is 18.7 Å². The van der Waals surface area contributed by atoms with Gasteiger partial charge in [-0.1, -0.05) is 18.2 Å². The molecule has 0 radical (unpaired) electrons. The van der Waals surface area contributed by atoms with E-state index in [1.807, 2.05) is 25.1 Å². The molecule has 1 aromatic carbocycles. The van der Waals surface area contributed by atoms with E-state index in [9.17, 15) is 14.7 Å². The highest BCUT2D eigenvalue weighted by atomic mass is 16.5. The zero-order valence-electron chi connectivity index (χ0n) is 16.0. The molecule has 0 fully saturated rings. The number of carbonyl (C=O) groups excluding carboxylic acids is 1. The molecule has 0 saturated carbocycles. The normalized spacial score (nSPS) is 11.7. The van der Waals surface area contributed by atoms with Crippen LogP contribution in [-0.4, -0.2) is 47.0 Å². The first-order valence-corrected chi connectivity index (χ1v) is 8.57. The highest BCUT2D eigenvalue weighted by molar-refractivity contribution is 5.78. The first-order valence-electron chi connectivity index (χ1n) is 8.57. The van der Waals surface area contributed by atoms with E-state index in [4.69, 9.17) is 9.47 Å². The largest absolute Gasteiger partial charge is 0.496 e. The second-order valence-electron chi connectivity index (χ2n) is 6.27. The van der Waals surface area contributed by atoms with Gasteiger partial charge in [0.25, 0.3) is 5.91 Å². The van der Waals surface area contributed by atoms with E-state index in [0.717, 1.165) is 11.3 Å². The Balaban J connectivity index is 1.91. The van der Waals surface area contributed by atoms with Crippen molar-refractivity contribution in [2.45, 2.75) is 20.3 Å². The number of carbonyl (C=O) groups is 2. The number of nitrogens with one attached hydrogen (secondary N) is 1. The maximum Gasteiger partial charge on any atom is 0.308 e. The summed E-state index contributed by atoms with van der Waals surface area (Å²) in [6.07, 6.45) is 0.251. The second kappa shape index (κ2) is 9.07. The fraction of sp³-hybridized carbons (Fsp3) is 0.421. The molecule has 1 heterocycles. The molecule has 146 valence electrons. The maximum absolute atomic E-state index is 12.1. The number of aryl methyl sites for hydroxylation is 2. The van der Waals surface area contributed by atoms with Crippen molar-refractivity contribution >= 4 is 11.9 Å². The number of hydrogen-bond acceptors (Lipinski definition) is 5. The second-order valence-corrected chi connectivity index (χ2v) is 6.27. The highest BCUT2D eigenvalue weighted by Gasteiger charge is 2.21. The van der Waals surface area contributed by atoms with E-state index >= 15 is 0 Å². The van der Waals surface area contributed by atoms with Gasteiger partial charge < -0.3 is 19.9 Å². The molecule has 2 aromatic rings. The minimum absolute atomic E-state index is 0.000575. The minimum Gasteiger partial charge on any atom is -0.496 e. The zero-order valence-corrected chi connectivity index (χ0v) is 16.0. The lowest BCUT2D eigenvalue weighted by molar-refractivity contribution is -0.141. The number of rotatable bonds is 9. The number of amides is 1. The Bertz CT molecular complexity index is 816. The van der Waals surface area contributed by atoms with E-state index in [-0.39, 0.29) is 25.5 Å². The molecule has 8 heteroatoms. The molecule has 0 aliphatic carbocycles. The van der Waals surface area contributed by atoms with Crippen LogP contribution in [-0.2, 0) is 23.1 Å². The van der Waals surface area contributed by atoms with Crippen LogP contribution in [0.1, 0.15) is 17.0 Å². The van der Waals surface area contributed by atoms with Crippen molar-refractivity contribution in [1.82, 2.24) is 15.1 Å². The Labute approximate surface area is 158 Å². The molecule has 1 unspecified atom stereocenters. The van der Waals surface area contributed by atoms with Gasteiger partial charge >= 0.3 is 5.97 Å². The average molecular weight is 375 g/mol. The number of carboxylic acids is 1. The fourth-order valence-electron chi connectivity index (χ4n) is 2.77. The van der Waals surface area contributed by atoms with Crippen molar-refractivity contribution in [3.05, 3.63) is 41.2 Å². The van der Waals surface area contributed by atoms with Gasteiger partial charge in [-0.15, -0.1) is 0 Å². The van der Waals surface area contributed by atoms with Crippen LogP contribution >= 0.6 is 0 Å². The van der Waals surface area contributed by atoms with E-state index in [0.29, 0.717) is 17.2 Å². The maximum atomic E-state index is 12.1. The molecular formula is C19H25N3O5. The molecule has 0 aliphatic rings.